The number of carbonyl (C=O) groups excluding carboxylic acids is 1. The molecule has 1 saturated heterocycles. The molecule has 3 heteroatoms. The lowest BCUT2D eigenvalue weighted by Gasteiger charge is -2.46. The van der Waals surface area contributed by atoms with Gasteiger partial charge in [0, 0.05) is 28.4 Å². The molecule has 1 aromatic carbocycles. The molecule has 2 bridgehead atoms. The SMILES string of the molecule is CCC1[C@@H]2CCN(C)[C@H]1c1c([nH]c3ccccc13)C2=O. The largest absolute Gasteiger partial charge is 0.352 e. The standard InChI is InChI=1S/C17H20N2O/c1-3-10-11-8-9-19(2)16(10)14-12-6-4-5-7-13(12)18-15(14)17(11)20/h4-7,10-11,16,18H,3,8-9H2,1-2H3/t10?,11-,16+/m0/s1. The molecule has 0 amide bonds. The highest BCUT2D eigenvalue weighted by Gasteiger charge is 2.47. The first-order valence-electron chi connectivity index (χ1n) is 7.57. The molecule has 0 saturated carbocycles. The van der Waals surface area contributed by atoms with Crippen LogP contribution in [0.4, 0.5) is 0 Å². The van der Waals surface area contributed by atoms with E-state index in [1.807, 2.05) is 6.07 Å². The van der Waals surface area contributed by atoms with E-state index in [9.17, 15) is 4.79 Å². The van der Waals surface area contributed by atoms with Gasteiger partial charge < -0.3 is 4.98 Å². The van der Waals surface area contributed by atoms with Crippen LogP contribution in [0, 0.1) is 11.8 Å². The Kier molecular flexibility index (Phi) is 2.55. The Morgan fingerprint density at radius 2 is 2.15 bits per heavy atom. The van der Waals surface area contributed by atoms with Crippen LogP contribution >= 0.6 is 0 Å². The number of hydrogen-bond acceptors (Lipinski definition) is 2. The van der Waals surface area contributed by atoms with Gasteiger partial charge in [-0.25, -0.2) is 0 Å². The van der Waals surface area contributed by atoms with Crippen LogP contribution in [-0.2, 0) is 0 Å². The fourth-order valence-corrected chi connectivity index (χ4v) is 4.36. The number of rotatable bonds is 1. The number of aromatic amines is 1. The van der Waals surface area contributed by atoms with Gasteiger partial charge in [0.25, 0.3) is 0 Å². The number of benzene rings is 1. The Bertz CT molecular complexity index is 687. The van der Waals surface area contributed by atoms with Crippen LogP contribution in [0.15, 0.2) is 24.3 Å². The van der Waals surface area contributed by atoms with Crippen molar-refractivity contribution in [3.8, 4) is 0 Å². The van der Waals surface area contributed by atoms with E-state index >= 15 is 0 Å². The molecule has 2 heterocycles. The van der Waals surface area contributed by atoms with Gasteiger partial charge in [0.2, 0.25) is 0 Å². The van der Waals surface area contributed by atoms with Gasteiger partial charge in [-0.1, -0.05) is 31.5 Å². The monoisotopic (exact) mass is 268 g/mol. The summed E-state index contributed by atoms with van der Waals surface area (Å²) in [5.74, 6) is 1.02. The van der Waals surface area contributed by atoms with Gasteiger partial charge in [-0.3, -0.25) is 9.69 Å². The van der Waals surface area contributed by atoms with E-state index in [-0.39, 0.29) is 5.92 Å². The summed E-state index contributed by atoms with van der Waals surface area (Å²) in [6, 6.07) is 8.71. The van der Waals surface area contributed by atoms with Crippen molar-refractivity contribution in [3.63, 3.8) is 0 Å². The summed E-state index contributed by atoms with van der Waals surface area (Å²) in [5.41, 5.74) is 3.22. The van der Waals surface area contributed by atoms with Crippen LogP contribution in [0.3, 0.4) is 0 Å². The molecule has 0 radical (unpaired) electrons. The predicted octanol–water partition coefficient (Wildman–Crippen LogP) is 3.38. The molecule has 20 heavy (non-hydrogen) atoms. The Morgan fingerprint density at radius 1 is 1.35 bits per heavy atom. The van der Waals surface area contributed by atoms with Gasteiger partial charge in [0.05, 0.1) is 5.69 Å². The summed E-state index contributed by atoms with van der Waals surface area (Å²) < 4.78 is 0. The van der Waals surface area contributed by atoms with Crippen molar-refractivity contribution in [2.75, 3.05) is 13.6 Å². The van der Waals surface area contributed by atoms with E-state index in [2.05, 4.69) is 42.1 Å². The molecule has 3 atom stereocenters. The zero-order valence-electron chi connectivity index (χ0n) is 12.0. The Hall–Kier alpha value is -1.61. The summed E-state index contributed by atoms with van der Waals surface area (Å²) in [5, 5.41) is 1.23. The molecular formula is C17H20N2O. The van der Waals surface area contributed by atoms with Gasteiger partial charge in [0.15, 0.2) is 5.78 Å². The maximum Gasteiger partial charge on any atom is 0.182 e. The van der Waals surface area contributed by atoms with E-state index in [1.165, 1.54) is 10.9 Å². The molecule has 1 aromatic heterocycles. The average Bonchev–Trinajstić information content (AvgIpc) is 2.85. The zero-order chi connectivity index (χ0) is 13.9. The number of ketones is 1. The van der Waals surface area contributed by atoms with Crippen LogP contribution in [0.2, 0.25) is 0 Å². The summed E-state index contributed by atoms with van der Waals surface area (Å²) in [7, 11) is 2.20. The highest BCUT2D eigenvalue weighted by Crippen LogP contribution is 2.49. The lowest BCUT2D eigenvalue weighted by molar-refractivity contribution is 0.0424. The summed E-state index contributed by atoms with van der Waals surface area (Å²) in [4.78, 5) is 18.6. The number of carbonyl (C=O) groups is 1. The number of H-pyrrole nitrogens is 1. The number of aromatic nitrogens is 1. The third-order valence-corrected chi connectivity index (χ3v) is 5.29. The highest BCUT2D eigenvalue weighted by molar-refractivity contribution is 6.05. The molecule has 2 aliphatic rings. The molecule has 2 aromatic rings. The average molecular weight is 268 g/mol. The molecule has 104 valence electrons. The van der Waals surface area contributed by atoms with Crippen molar-refractivity contribution >= 4 is 16.7 Å². The fraction of sp³-hybridized carbons (Fsp3) is 0.471. The van der Waals surface area contributed by atoms with Crippen LogP contribution < -0.4 is 0 Å². The Balaban J connectivity index is 2.03. The first kappa shape index (κ1) is 12.2. The van der Waals surface area contributed by atoms with E-state index in [1.54, 1.807) is 0 Å². The Labute approximate surface area is 119 Å². The minimum absolute atomic E-state index is 0.210. The third-order valence-electron chi connectivity index (χ3n) is 5.29. The minimum atomic E-state index is 0.210. The number of nitrogens with one attached hydrogen (secondary N) is 1. The number of Topliss-reactive ketones (excluding diaryl/α,β-unsaturated/α-hetero) is 1. The molecule has 1 aliphatic carbocycles. The van der Waals surface area contributed by atoms with Crippen molar-refractivity contribution in [2.24, 2.45) is 11.8 Å². The fourth-order valence-electron chi connectivity index (χ4n) is 4.36. The maximum absolute atomic E-state index is 12.8. The van der Waals surface area contributed by atoms with Crippen molar-refractivity contribution < 1.29 is 4.79 Å². The number of likely N-dealkylation sites (tertiary alicyclic amines) is 1. The van der Waals surface area contributed by atoms with Crippen LogP contribution in [0.1, 0.15) is 41.9 Å². The first-order valence-corrected chi connectivity index (χ1v) is 7.57. The van der Waals surface area contributed by atoms with E-state index in [0.717, 1.165) is 30.6 Å². The predicted molar refractivity (Wildman–Crippen MR) is 79.9 cm³/mol. The summed E-state index contributed by atoms with van der Waals surface area (Å²) >= 11 is 0. The van der Waals surface area contributed by atoms with Gasteiger partial charge >= 0.3 is 0 Å². The number of nitrogens with zero attached hydrogens (tertiary/aromatic N) is 1. The quantitative estimate of drug-likeness (QED) is 0.860. The molecule has 1 unspecified atom stereocenters. The second-order valence-electron chi connectivity index (χ2n) is 6.22. The molecule has 1 fully saturated rings. The van der Waals surface area contributed by atoms with Crippen LogP contribution in [-0.4, -0.2) is 29.3 Å². The molecule has 1 aliphatic heterocycles. The second kappa shape index (κ2) is 4.19. The van der Waals surface area contributed by atoms with Crippen molar-refractivity contribution in [3.05, 3.63) is 35.5 Å². The van der Waals surface area contributed by atoms with E-state index < -0.39 is 0 Å². The molecule has 0 spiro atoms. The zero-order valence-corrected chi connectivity index (χ0v) is 12.0. The van der Waals surface area contributed by atoms with Crippen molar-refractivity contribution in [1.82, 2.24) is 9.88 Å². The summed E-state index contributed by atoms with van der Waals surface area (Å²) in [6.45, 7) is 3.24. The molecule has 3 nitrogen and oxygen atoms in total. The second-order valence-corrected chi connectivity index (χ2v) is 6.22. The Morgan fingerprint density at radius 3 is 2.95 bits per heavy atom. The minimum Gasteiger partial charge on any atom is -0.352 e. The maximum atomic E-state index is 12.8. The summed E-state index contributed by atoms with van der Waals surface area (Å²) in [6.07, 6.45) is 2.07. The van der Waals surface area contributed by atoms with E-state index in [0.29, 0.717) is 17.7 Å². The van der Waals surface area contributed by atoms with E-state index in [4.69, 9.17) is 0 Å². The van der Waals surface area contributed by atoms with Gasteiger partial charge in [0.1, 0.15) is 0 Å². The van der Waals surface area contributed by atoms with Gasteiger partial charge in [-0.05, 0) is 32.0 Å². The van der Waals surface area contributed by atoms with Crippen LogP contribution in [0.5, 0.6) is 0 Å². The molecule has 4 rings (SSSR count). The number of hydrogen-bond donors (Lipinski definition) is 1. The normalized spacial score (nSPS) is 29.7. The number of fused-ring (bicyclic) bond motifs is 6. The lowest BCUT2D eigenvalue weighted by Crippen LogP contribution is -2.47. The van der Waals surface area contributed by atoms with Crippen molar-refractivity contribution in [2.45, 2.75) is 25.8 Å². The molecule has 1 N–H and O–H groups in total. The number of para-hydroxylation sites is 1. The smallest absolute Gasteiger partial charge is 0.182 e. The van der Waals surface area contributed by atoms with Gasteiger partial charge in [-0.2, -0.15) is 0 Å². The lowest BCUT2D eigenvalue weighted by atomic mass is 9.68. The molecular weight excluding hydrogens is 248 g/mol. The van der Waals surface area contributed by atoms with Crippen LogP contribution in [0.25, 0.3) is 10.9 Å². The first-order chi connectivity index (χ1) is 9.72. The third kappa shape index (κ3) is 1.41. The highest BCUT2D eigenvalue weighted by atomic mass is 16.1. The topological polar surface area (TPSA) is 36.1 Å². The van der Waals surface area contributed by atoms with Gasteiger partial charge in [-0.15, -0.1) is 0 Å². The van der Waals surface area contributed by atoms with Crippen molar-refractivity contribution in [1.29, 1.82) is 0 Å². The number of piperidine rings is 1.